The highest BCUT2D eigenvalue weighted by molar-refractivity contribution is 6.05. The van der Waals surface area contributed by atoms with Crippen LogP contribution < -0.4 is 10.3 Å². The Bertz CT molecular complexity index is 661. The normalized spacial score (nSPS) is 20.7. The molecule has 0 saturated heterocycles. The van der Waals surface area contributed by atoms with Gasteiger partial charge in [-0.1, -0.05) is 19.9 Å². The summed E-state index contributed by atoms with van der Waals surface area (Å²) >= 11 is 0. The first kappa shape index (κ1) is 13.8. The molecule has 0 radical (unpaired) electrons. The van der Waals surface area contributed by atoms with Gasteiger partial charge in [0.15, 0.2) is 0 Å². The Kier molecular flexibility index (Phi) is 3.08. The van der Waals surface area contributed by atoms with Gasteiger partial charge in [0.25, 0.3) is 0 Å². The number of rotatable bonds is 1. The fourth-order valence-electron chi connectivity index (χ4n) is 2.96. The molecular formula is C16H19N3O2. The Morgan fingerprint density at radius 1 is 1.24 bits per heavy atom. The molecule has 1 aromatic carbocycles. The van der Waals surface area contributed by atoms with Gasteiger partial charge in [-0.05, 0) is 23.3 Å². The molecule has 0 saturated carbocycles. The van der Waals surface area contributed by atoms with E-state index in [-0.39, 0.29) is 17.2 Å². The quantitative estimate of drug-likeness (QED) is 0.857. The number of amides is 2. The van der Waals surface area contributed by atoms with Crippen molar-refractivity contribution in [1.82, 2.24) is 5.43 Å². The van der Waals surface area contributed by atoms with Gasteiger partial charge < -0.3 is 4.90 Å². The van der Waals surface area contributed by atoms with E-state index >= 15 is 0 Å². The summed E-state index contributed by atoms with van der Waals surface area (Å²) in [4.78, 5) is 25.0. The average molecular weight is 285 g/mol. The molecule has 5 heteroatoms. The van der Waals surface area contributed by atoms with Crippen LogP contribution in [0.5, 0.6) is 0 Å². The molecule has 1 N–H and O–H groups in total. The Morgan fingerprint density at radius 2 is 2.00 bits per heavy atom. The number of hydrazone groups is 1. The number of benzene rings is 1. The standard InChI is InChI=1S/C16H19N3O2/c1-16(2)9-15(21)19(3)13-6-4-10(8-11(13)16)12-5-7-14(20)18-17-12/h4,6,8H,5,7,9H2,1-3H3,(H,18,20). The number of carbonyl (C=O) groups is 2. The van der Waals surface area contributed by atoms with Crippen molar-refractivity contribution in [3.63, 3.8) is 0 Å². The molecule has 2 amide bonds. The van der Waals surface area contributed by atoms with Gasteiger partial charge in [-0.25, -0.2) is 5.43 Å². The van der Waals surface area contributed by atoms with Crippen molar-refractivity contribution in [1.29, 1.82) is 0 Å². The highest BCUT2D eigenvalue weighted by atomic mass is 16.2. The maximum absolute atomic E-state index is 12.0. The first-order valence-electron chi connectivity index (χ1n) is 7.15. The largest absolute Gasteiger partial charge is 0.315 e. The molecule has 2 aliphatic rings. The highest BCUT2D eigenvalue weighted by Crippen LogP contribution is 2.40. The predicted octanol–water partition coefficient (Wildman–Crippen LogP) is 1.94. The molecular weight excluding hydrogens is 266 g/mol. The Hall–Kier alpha value is -2.17. The van der Waals surface area contributed by atoms with Crippen LogP contribution in [-0.2, 0) is 15.0 Å². The molecule has 0 spiro atoms. The second kappa shape index (κ2) is 4.69. The van der Waals surface area contributed by atoms with E-state index in [1.165, 1.54) is 0 Å². The molecule has 0 fully saturated rings. The van der Waals surface area contributed by atoms with Gasteiger partial charge >= 0.3 is 0 Å². The van der Waals surface area contributed by atoms with E-state index in [0.29, 0.717) is 19.3 Å². The molecule has 3 rings (SSSR count). The van der Waals surface area contributed by atoms with Crippen molar-refractivity contribution in [2.24, 2.45) is 5.10 Å². The lowest BCUT2D eigenvalue weighted by Gasteiger charge is -2.37. The molecule has 0 aliphatic carbocycles. The number of anilines is 1. The molecule has 0 atom stereocenters. The Morgan fingerprint density at radius 3 is 2.67 bits per heavy atom. The van der Waals surface area contributed by atoms with E-state index in [1.54, 1.807) is 4.90 Å². The minimum Gasteiger partial charge on any atom is -0.315 e. The molecule has 0 unspecified atom stereocenters. The summed E-state index contributed by atoms with van der Waals surface area (Å²) in [5.41, 5.74) is 6.37. The lowest BCUT2D eigenvalue weighted by atomic mass is 9.76. The molecule has 2 aliphatic heterocycles. The molecule has 21 heavy (non-hydrogen) atoms. The SMILES string of the molecule is CN1C(=O)CC(C)(C)c2cc(C3=NNC(=O)CC3)ccc21. The zero-order chi connectivity index (χ0) is 15.2. The summed E-state index contributed by atoms with van der Waals surface area (Å²) in [6.45, 7) is 4.18. The Balaban J connectivity index is 2.05. The van der Waals surface area contributed by atoms with Gasteiger partial charge in [0, 0.05) is 37.4 Å². The molecule has 110 valence electrons. The fourth-order valence-corrected chi connectivity index (χ4v) is 2.96. The van der Waals surface area contributed by atoms with Crippen LogP contribution in [0, 0.1) is 0 Å². The van der Waals surface area contributed by atoms with E-state index in [9.17, 15) is 9.59 Å². The van der Waals surface area contributed by atoms with Crippen molar-refractivity contribution in [3.8, 4) is 0 Å². The van der Waals surface area contributed by atoms with Crippen molar-refractivity contribution in [2.75, 3.05) is 11.9 Å². The van der Waals surface area contributed by atoms with Gasteiger partial charge in [-0.2, -0.15) is 5.10 Å². The number of carbonyl (C=O) groups excluding carboxylic acids is 2. The molecule has 0 bridgehead atoms. The molecule has 0 aromatic heterocycles. The van der Waals surface area contributed by atoms with E-state index in [2.05, 4.69) is 30.4 Å². The average Bonchev–Trinajstić information content (AvgIpc) is 2.45. The van der Waals surface area contributed by atoms with Crippen molar-refractivity contribution < 1.29 is 9.59 Å². The van der Waals surface area contributed by atoms with Crippen LogP contribution in [0.1, 0.15) is 44.2 Å². The zero-order valence-corrected chi connectivity index (χ0v) is 12.6. The fraction of sp³-hybridized carbons (Fsp3) is 0.438. The molecule has 5 nitrogen and oxygen atoms in total. The van der Waals surface area contributed by atoms with Crippen molar-refractivity contribution in [2.45, 2.75) is 38.5 Å². The summed E-state index contributed by atoms with van der Waals surface area (Å²) in [6.07, 6.45) is 1.63. The van der Waals surface area contributed by atoms with E-state index in [1.807, 2.05) is 19.2 Å². The van der Waals surface area contributed by atoms with Gasteiger partial charge in [-0.15, -0.1) is 0 Å². The number of fused-ring (bicyclic) bond motifs is 1. The van der Waals surface area contributed by atoms with Crippen molar-refractivity contribution in [3.05, 3.63) is 29.3 Å². The highest BCUT2D eigenvalue weighted by Gasteiger charge is 2.35. The summed E-state index contributed by atoms with van der Waals surface area (Å²) in [7, 11) is 1.81. The second-order valence-electron chi connectivity index (χ2n) is 6.34. The number of nitrogens with zero attached hydrogens (tertiary/aromatic N) is 2. The van der Waals surface area contributed by atoms with Crippen LogP contribution in [0.15, 0.2) is 23.3 Å². The van der Waals surface area contributed by atoms with Gasteiger partial charge in [0.2, 0.25) is 11.8 Å². The van der Waals surface area contributed by atoms with Crippen LogP contribution >= 0.6 is 0 Å². The third-order valence-electron chi connectivity index (χ3n) is 4.29. The van der Waals surface area contributed by atoms with Crippen molar-refractivity contribution >= 4 is 23.2 Å². The van der Waals surface area contributed by atoms with Gasteiger partial charge in [0.05, 0.1) is 5.71 Å². The first-order valence-corrected chi connectivity index (χ1v) is 7.15. The van der Waals surface area contributed by atoms with Crippen LogP contribution in [0.25, 0.3) is 0 Å². The maximum Gasteiger partial charge on any atom is 0.240 e. The lowest BCUT2D eigenvalue weighted by molar-refractivity contribution is -0.121. The van der Waals surface area contributed by atoms with Crippen LogP contribution in [0.2, 0.25) is 0 Å². The topological polar surface area (TPSA) is 61.8 Å². The lowest BCUT2D eigenvalue weighted by Crippen LogP contribution is -2.39. The van der Waals surface area contributed by atoms with E-state index in [4.69, 9.17) is 0 Å². The predicted molar refractivity (Wildman–Crippen MR) is 81.4 cm³/mol. The first-order chi connectivity index (χ1) is 9.88. The summed E-state index contributed by atoms with van der Waals surface area (Å²) in [5.74, 6) is 0.102. The van der Waals surface area contributed by atoms with Crippen LogP contribution in [0.3, 0.4) is 0 Å². The van der Waals surface area contributed by atoms with Crippen LogP contribution in [-0.4, -0.2) is 24.6 Å². The van der Waals surface area contributed by atoms with Gasteiger partial charge in [-0.3, -0.25) is 9.59 Å². The monoisotopic (exact) mass is 285 g/mol. The molecule has 2 heterocycles. The summed E-state index contributed by atoms with van der Waals surface area (Å²) < 4.78 is 0. The maximum atomic E-state index is 12.0. The number of hydrogen-bond acceptors (Lipinski definition) is 3. The minimum absolute atomic E-state index is 0.0395. The number of hydrogen-bond donors (Lipinski definition) is 1. The summed E-state index contributed by atoms with van der Waals surface area (Å²) in [6, 6.07) is 6.05. The van der Waals surface area contributed by atoms with Gasteiger partial charge in [0.1, 0.15) is 0 Å². The summed E-state index contributed by atoms with van der Waals surface area (Å²) in [5, 5.41) is 4.15. The molecule has 1 aromatic rings. The second-order valence-corrected chi connectivity index (χ2v) is 6.34. The number of nitrogens with one attached hydrogen (secondary N) is 1. The third-order valence-corrected chi connectivity index (χ3v) is 4.29. The minimum atomic E-state index is -0.187. The van der Waals surface area contributed by atoms with E-state index in [0.717, 1.165) is 22.5 Å². The third kappa shape index (κ3) is 2.33. The smallest absolute Gasteiger partial charge is 0.240 e. The zero-order valence-electron chi connectivity index (χ0n) is 12.6. The van der Waals surface area contributed by atoms with Crippen LogP contribution in [0.4, 0.5) is 5.69 Å². The van der Waals surface area contributed by atoms with E-state index < -0.39 is 0 Å². The Labute approximate surface area is 124 Å².